The predicted octanol–water partition coefficient (Wildman–Crippen LogP) is 7.68. The molecule has 9 heteroatoms. The summed E-state index contributed by atoms with van der Waals surface area (Å²) in [6.07, 6.45) is 0. The van der Waals surface area contributed by atoms with Crippen molar-refractivity contribution in [2.45, 2.75) is 10.1 Å². The second-order valence-electron chi connectivity index (χ2n) is 8.59. The van der Waals surface area contributed by atoms with Crippen molar-refractivity contribution in [2.24, 2.45) is 0 Å². The Hall–Kier alpha value is -4.47. The molecule has 6 nitrogen and oxygen atoms in total. The molecule has 0 radical (unpaired) electrons. The van der Waals surface area contributed by atoms with Gasteiger partial charge in [-0.25, -0.2) is 9.37 Å². The number of methoxy groups -OCH3 is 1. The van der Waals surface area contributed by atoms with E-state index in [1.807, 2.05) is 72.1 Å². The minimum Gasteiger partial charge on any atom is -0.496 e. The number of halogens is 1. The highest BCUT2D eigenvalue weighted by molar-refractivity contribution is 8.00. The van der Waals surface area contributed by atoms with Crippen molar-refractivity contribution in [3.8, 4) is 17.0 Å². The number of hydrogen-bond donors (Lipinski definition) is 2. The summed E-state index contributed by atoms with van der Waals surface area (Å²) in [6, 6.07) is 30.0. The third kappa shape index (κ3) is 6.39. The van der Waals surface area contributed by atoms with Crippen LogP contribution >= 0.6 is 23.1 Å². The number of nitrogens with one attached hydrogen (secondary N) is 2. The summed E-state index contributed by atoms with van der Waals surface area (Å²) in [5.41, 5.74) is 2.89. The van der Waals surface area contributed by atoms with Crippen LogP contribution in [-0.4, -0.2) is 23.9 Å². The number of benzene rings is 4. The van der Waals surface area contributed by atoms with Gasteiger partial charge in [0, 0.05) is 21.5 Å². The van der Waals surface area contributed by atoms with Gasteiger partial charge in [-0.1, -0.05) is 54.6 Å². The molecule has 1 aromatic heterocycles. The highest BCUT2D eigenvalue weighted by Gasteiger charge is 2.23. The van der Waals surface area contributed by atoms with Gasteiger partial charge in [0.05, 0.1) is 18.4 Å². The summed E-state index contributed by atoms with van der Waals surface area (Å²) in [5, 5.41) is 7.48. The molecule has 0 bridgehead atoms. The summed E-state index contributed by atoms with van der Waals surface area (Å²) in [7, 11) is 1.61. The van der Waals surface area contributed by atoms with Gasteiger partial charge in [0.2, 0.25) is 5.91 Å². The molecular formula is C31H24FN3O3S2. The first-order valence-corrected chi connectivity index (χ1v) is 14.0. The van der Waals surface area contributed by atoms with E-state index in [0.717, 1.165) is 21.7 Å². The Morgan fingerprint density at radius 1 is 0.875 bits per heavy atom. The van der Waals surface area contributed by atoms with Crippen LogP contribution in [0.25, 0.3) is 11.3 Å². The summed E-state index contributed by atoms with van der Waals surface area (Å²) < 4.78 is 19.4. The third-order valence-electron chi connectivity index (χ3n) is 5.94. The van der Waals surface area contributed by atoms with E-state index in [1.54, 1.807) is 25.3 Å². The SMILES string of the molecule is COc1ccccc1-c1csc(NC(=O)C(Sc2ccc(NC(=O)c3ccccc3F)cc2)c2ccccc2)n1. The number of thiazole rings is 1. The molecule has 0 aliphatic heterocycles. The summed E-state index contributed by atoms with van der Waals surface area (Å²) in [4.78, 5) is 31.4. The van der Waals surface area contributed by atoms with Crippen molar-refractivity contribution in [3.63, 3.8) is 0 Å². The van der Waals surface area contributed by atoms with Crippen LogP contribution in [0.1, 0.15) is 21.2 Å². The van der Waals surface area contributed by atoms with Crippen molar-refractivity contribution in [1.29, 1.82) is 0 Å². The highest BCUT2D eigenvalue weighted by Crippen LogP contribution is 2.38. The molecule has 0 aliphatic carbocycles. The Labute approximate surface area is 239 Å². The van der Waals surface area contributed by atoms with Crippen LogP contribution < -0.4 is 15.4 Å². The fourth-order valence-corrected chi connectivity index (χ4v) is 5.72. The maximum Gasteiger partial charge on any atom is 0.258 e. The average molecular weight is 570 g/mol. The first-order chi connectivity index (χ1) is 19.5. The normalized spacial score (nSPS) is 11.4. The Kier molecular flexibility index (Phi) is 8.53. The fourth-order valence-electron chi connectivity index (χ4n) is 3.98. The molecule has 0 aliphatic rings. The zero-order valence-electron chi connectivity index (χ0n) is 21.3. The second-order valence-corrected chi connectivity index (χ2v) is 10.6. The maximum absolute atomic E-state index is 14.0. The molecule has 0 saturated heterocycles. The number of carbonyl (C=O) groups is 2. The molecule has 2 N–H and O–H groups in total. The van der Waals surface area contributed by atoms with Crippen LogP contribution in [0.2, 0.25) is 0 Å². The van der Waals surface area contributed by atoms with Gasteiger partial charge in [0.15, 0.2) is 5.13 Å². The van der Waals surface area contributed by atoms with Crippen molar-refractivity contribution >= 4 is 45.7 Å². The summed E-state index contributed by atoms with van der Waals surface area (Å²) in [6.45, 7) is 0. The van der Waals surface area contributed by atoms with E-state index in [1.165, 1.54) is 41.3 Å². The smallest absolute Gasteiger partial charge is 0.258 e. The molecule has 4 aromatic carbocycles. The zero-order valence-corrected chi connectivity index (χ0v) is 23.0. The lowest BCUT2D eigenvalue weighted by molar-refractivity contribution is -0.115. The molecule has 0 saturated carbocycles. The van der Waals surface area contributed by atoms with Gasteiger partial charge in [-0.2, -0.15) is 0 Å². The number of ether oxygens (including phenoxy) is 1. The number of nitrogens with zero attached hydrogens (tertiary/aromatic N) is 1. The van der Waals surface area contributed by atoms with Gasteiger partial charge < -0.3 is 15.4 Å². The molecule has 1 atom stereocenters. The van der Waals surface area contributed by atoms with Crippen LogP contribution in [0, 0.1) is 5.82 Å². The molecule has 5 aromatic rings. The number of amides is 2. The first kappa shape index (κ1) is 27.1. The molecule has 200 valence electrons. The maximum atomic E-state index is 14.0. The standard InChI is InChI=1S/C31H24FN3O3S2/c1-38-27-14-8-6-12-24(27)26-19-39-31(34-26)35-30(37)28(20-9-3-2-4-10-20)40-22-17-15-21(16-18-22)33-29(36)23-11-5-7-13-25(23)32/h2-19,28H,1H3,(H,33,36)(H,34,35,37). The van der Waals surface area contributed by atoms with E-state index in [2.05, 4.69) is 15.6 Å². The quantitative estimate of drug-likeness (QED) is 0.178. The van der Waals surface area contributed by atoms with Gasteiger partial charge in [-0.15, -0.1) is 23.1 Å². The number of thioether (sulfide) groups is 1. The van der Waals surface area contributed by atoms with Gasteiger partial charge >= 0.3 is 0 Å². The predicted molar refractivity (Wildman–Crippen MR) is 159 cm³/mol. The lowest BCUT2D eigenvalue weighted by Crippen LogP contribution is -2.19. The molecular weight excluding hydrogens is 545 g/mol. The number of aromatic nitrogens is 1. The van der Waals surface area contributed by atoms with E-state index >= 15 is 0 Å². The van der Waals surface area contributed by atoms with Gasteiger partial charge in [-0.3, -0.25) is 9.59 Å². The van der Waals surface area contributed by atoms with Crippen LogP contribution in [0.15, 0.2) is 113 Å². The van der Waals surface area contributed by atoms with Gasteiger partial charge in [-0.05, 0) is 54.1 Å². The Morgan fingerprint density at radius 3 is 2.33 bits per heavy atom. The van der Waals surface area contributed by atoms with E-state index in [9.17, 15) is 14.0 Å². The lowest BCUT2D eigenvalue weighted by atomic mass is 10.1. The number of rotatable bonds is 9. The fraction of sp³-hybridized carbons (Fsp3) is 0.0645. The molecule has 40 heavy (non-hydrogen) atoms. The van der Waals surface area contributed by atoms with Crippen molar-refractivity contribution in [3.05, 3.63) is 125 Å². The Balaban J connectivity index is 1.31. The zero-order chi connectivity index (χ0) is 27.9. The number of carbonyl (C=O) groups excluding carboxylic acids is 2. The minimum atomic E-state index is -0.584. The number of anilines is 2. The van der Waals surface area contributed by atoms with Crippen LogP contribution in [-0.2, 0) is 4.79 Å². The molecule has 0 spiro atoms. The number of hydrogen-bond acceptors (Lipinski definition) is 6. The van der Waals surface area contributed by atoms with E-state index in [-0.39, 0.29) is 11.5 Å². The van der Waals surface area contributed by atoms with E-state index < -0.39 is 17.0 Å². The van der Waals surface area contributed by atoms with E-state index in [4.69, 9.17) is 4.74 Å². The minimum absolute atomic E-state index is 0.0298. The average Bonchev–Trinajstić information content (AvgIpc) is 3.45. The third-order valence-corrected chi connectivity index (χ3v) is 7.97. The van der Waals surface area contributed by atoms with Crippen LogP contribution in [0.4, 0.5) is 15.2 Å². The molecule has 2 amide bonds. The molecule has 0 fully saturated rings. The van der Waals surface area contributed by atoms with Crippen molar-refractivity contribution < 1.29 is 18.7 Å². The number of para-hydroxylation sites is 1. The van der Waals surface area contributed by atoms with Crippen molar-refractivity contribution in [1.82, 2.24) is 4.98 Å². The van der Waals surface area contributed by atoms with E-state index in [0.29, 0.717) is 16.6 Å². The largest absolute Gasteiger partial charge is 0.496 e. The lowest BCUT2D eigenvalue weighted by Gasteiger charge is -2.16. The Bertz CT molecular complexity index is 1620. The van der Waals surface area contributed by atoms with Crippen LogP contribution in [0.5, 0.6) is 5.75 Å². The molecule has 1 heterocycles. The Morgan fingerprint density at radius 2 is 1.57 bits per heavy atom. The van der Waals surface area contributed by atoms with Gasteiger partial charge in [0.1, 0.15) is 16.8 Å². The molecule has 1 unspecified atom stereocenters. The van der Waals surface area contributed by atoms with Gasteiger partial charge in [0.25, 0.3) is 5.91 Å². The monoisotopic (exact) mass is 569 g/mol. The summed E-state index contributed by atoms with van der Waals surface area (Å²) >= 11 is 2.72. The second kappa shape index (κ2) is 12.6. The van der Waals surface area contributed by atoms with Crippen LogP contribution in [0.3, 0.4) is 0 Å². The highest BCUT2D eigenvalue weighted by atomic mass is 32.2. The van der Waals surface area contributed by atoms with Crippen molar-refractivity contribution in [2.75, 3.05) is 17.7 Å². The first-order valence-electron chi connectivity index (χ1n) is 12.3. The molecule has 5 rings (SSSR count). The topological polar surface area (TPSA) is 80.3 Å². The summed E-state index contributed by atoms with van der Waals surface area (Å²) in [5.74, 6) is -0.624.